The zero-order valence-corrected chi connectivity index (χ0v) is 17.2. The summed E-state index contributed by atoms with van der Waals surface area (Å²) in [6.45, 7) is 2.68. The first-order valence-electron chi connectivity index (χ1n) is 10.7. The molecule has 2 fully saturated rings. The van der Waals surface area contributed by atoms with Gasteiger partial charge in [-0.3, -0.25) is 19.2 Å². The SMILES string of the molecule is O=C1c2ccccc2-c2ccc(C(=O)N3CCN(C(=O)C(=O)N4CCCC4)CC3)cc21. The van der Waals surface area contributed by atoms with Gasteiger partial charge in [-0.05, 0) is 36.1 Å². The highest BCUT2D eigenvalue weighted by Gasteiger charge is 2.33. The molecule has 0 bridgehead atoms. The monoisotopic (exact) mass is 417 g/mol. The molecule has 2 aromatic rings. The molecule has 2 saturated heterocycles. The van der Waals surface area contributed by atoms with E-state index in [9.17, 15) is 19.2 Å². The maximum absolute atomic E-state index is 13.0. The summed E-state index contributed by atoms with van der Waals surface area (Å²) in [5.74, 6) is -1.13. The first kappa shape index (κ1) is 19.5. The minimum Gasteiger partial charge on any atom is -0.335 e. The molecule has 0 saturated carbocycles. The van der Waals surface area contributed by atoms with Crippen LogP contribution in [-0.2, 0) is 9.59 Å². The molecule has 31 heavy (non-hydrogen) atoms. The van der Waals surface area contributed by atoms with Gasteiger partial charge in [0.2, 0.25) is 0 Å². The van der Waals surface area contributed by atoms with Crippen molar-refractivity contribution in [3.8, 4) is 11.1 Å². The highest BCUT2D eigenvalue weighted by Crippen LogP contribution is 2.36. The lowest BCUT2D eigenvalue weighted by Crippen LogP contribution is -2.54. The van der Waals surface area contributed by atoms with Crippen LogP contribution < -0.4 is 0 Å². The van der Waals surface area contributed by atoms with Gasteiger partial charge in [0.1, 0.15) is 0 Å². The van der Waals surface area contributed by atoms with Crippen LogP contribution in [0.2, 0.25) is 0 Å². The van der Waals surface area contributed by atoms with Gasteiger partial charge in [-0.15, -0.1) is 0 Å². The summed E-state index contributed by atoms with van der Waals surface area (Å²) in [5, 5.41) is 0. The Bertz CT molecular complexity index is 1100. The Kier molecular flexibility index (Phi) is 4.81. The third-order valence-corrected chi connectivity index (χ3v) is 6.40. The molecule has 2 aliphatic heterocycles. The third-order valence-electron chi connectivity index (χ3n) is 6.40. The van der Waals surface area contributed by atoms with E-state index in [0.29, 0.717) is 56.0 Å². The van der Waals surface area contributed by atoms with Crippen LogP contribution in [0, 0.1) is 0 Å². The lowest BCUT2D eigenvalue weighted by Gasteiger charge is -2.35. The van der Waals surface area contributed by atoms with Crippen LogP contribution in [0.5, 0.6) is 0 Å². The van der Waals surface area contributed by atoms with E-state index in [-0.39, 0.29) is 11.7 Å². The van der Waals surface area contributed by atoms with Crippen LogP contribution >= 0.6 is 0 Å². The van der Waals surface area contributed by atoms with Gasteiger partial charge < -0.3 is 14.7 Å². The molecule has 7 heteroatoms. The molecule has 0 spiro atoms. The van der Waals surface area contributed by atoms with Crippen molar-refractivity contribution < 1.29 is 19.2 Å². The first-order valence-corrected chi connectivity index (χ1v) is 10.7. The van der Waals surface area contributed by atoms with Crippen LogP contribution in [0.25, 0.3) is 11.1 Å². The summed E-state index contributed by atoms with van der Waals surface area (Å²) in [7, 11) is 0. The van der Waals surface area contributed by atoms with Gasteiger partial charge in [-0.25, -0.2) is 0 Å². The molecule has 3 amide bonds. The zero-order chi connectivity index (χ0) is 21.5. The lowest BCUT2D eigenvalue weighted by molar-refractivity contribution is -0.152. The normalized spacial score (nSPS) is 17.5. The van der Waals surface area contributed by atoms with Gasteiger partial charge in [0, 0.05) is 56.0 Å². The van der Waals surface area contributed by atoms with Gasteiger partial charge in [0.15, 0.2) is 5.78 Å². The Morgan fingerprint density at radius 2 is 1.16 bits per heavy atom. The van der Waals surface area contributed by atoms with E-state index < -0.39 is 11.8 Å². The van der Waals surface area contributed by atoms with Gasteiger partial charge >= 0.3 is 11.8 Å². The highest BCUT2D eigenvalue weighted by molar-refractivity contribution is 6.35. The van der Waals surface area contributed by atoms with E-state index >= 15 is 0 Å². The number of hydrogen-bond acceptors (Lipinski definition) is 4. The number of carbonyl (C=O) groups excluding carboxylic acids is 4. The second kappa shape index (κ2) is 7.65. The minimum absolute atomic E-state index is 0.0592. The van der Waals surface area contributed by atoms with Crippen molar-refractivity contribution >= 4 is 23.5 Å². The quantitative estimate of drug-likeness (QED) is 0.566. The van der Waals surface area contributed by atoms with Crippen molar-refractivity contribution in [3.05, 3.63) is 59.2 Å². The molecule has 0 N–H and O–H groups in total. The average molecular weight is 417 g/mol. The van der Waals surface area contributed by atoms with Crippen molar-refractivity contribution in [3.63, 3.8) is 0 Å². The third kappa shape index (κ3) is 3.30. The van der Waals surface area contributed by atoms with E-state index in [4.69, 9.17) is 0 Å². The molecule has 7 nitrogen and oxygen atoms in total. The highest BCUT2D eigenvalue weighted by atomic mass is 16.2. The van der Waals surface area contributed by atoms with E-state index in [1.807, 2.05) is 24.3 Å². The minimum atomic E-state index is -0.477. The molecule has 158 valence electrons. The fourth-order valence-electron chi connectivity index (χ4n) is 4.65. The number of rotatable bonds is 1. The number of ketones is 1. The van der Waals surface area contributed by atoms with Crippen molar-refractivity contribution in [2.45, 2.75) is 12.8 Å². The predicted octanol–water partition coefficient (Wildman–Crippen LogP) is 1.80. The average Bonchev–Trinajstić information content (AvgIpc) is 3.45. The molecule has 0 radical (unpaired) electrons. The maximum atomic E-state index is 13.0. The summed E-state index contributed by atoms with van der Waals surface area (Å²) in [6, 6.07) is 12.7. The molecule has 0 unspecified atom stereocenters. The lowest BCUT2D eigenvalue weighted by atomic mass is 10.0. The summed E-state index contributed by atoms with van der Waals surface area (Å²) < 4.78 is 0. The Morgan fingerprint density at radius 1 is 0.613 bits per heavy atom. The first-order chi connectivity index (χ1) is 15.0. The molecular weight excluding hydrogens is 394 g/mol. The van der Waals surface area contributed by atoms with Gasteiger partial charge in [0.25, 0.3) is 5.91 Å². The second-order valence-corrected chi connectivity index (χ2v) is 8.22. The summed E-state index contributed by atoms with van der Waals surface area (Å²) in [6.07, 6.45) is 1.88. The Balaban J connectivity index is 1.26. The number of nitrogens with zero attached hydrogens (tertiary/aromatic N) is 3. The van der Waals surface area contributed by atoms with E-state index in [0.717, 1.165) is 24.0 Å². The molecule has 1 aliphatic carbocycles. The Labute approximate surface area is 180 Å². The van der Waals surface area contributed by atoms with E-state index in [1.54, 1.807) is 28.0 Å². The number of fused-ring (bicyclic) bond motifs is 3. The molecule has 5 rings (SSSR count). The van der Waals surface area contributed by atoms with Crippen molar-refractivity contribution in [2.75, 3.05) is 39.3 Å². The molecule has 2 aromatic carbocycles. The van der Waals surface area contributed by atoms with Crippen molar-refractivity contribution in [1.29, 1.82) is 0 Å². The standard InChI is InChI=1S/C24H23N3O4/c28-21-19-6-2-1-5-17(19)18-8-7-16(15-20(18)21)22(29)26-11-13-27(14-12-26)24(31)23(30)25-9-3-4-10-25/h1-2,5-8,15H,3-4,9-14H2. The zero-order valence-electron chi connectivity index (χ0n) is 17.2. The van der Waals surface area contributed by atoms with E-state index in [2.05, 4.69) is 0 Å². The number of amides is 3. The maximum Gasteiger partial charge on any atom is 0.312 e. The van der Waals surface area contributed by atoms with Gasteiger partial charge in [-0.1, -0.05) is 30.3 Å². The Hall–Kier alpha value is -3.48. The van der Waals surface area contributed by atoms with Gasteiger partial charge in [-0.2, -0.15) is 0 Å². The fourth-order valence-corrected chi connectivity index (χ4v) is 4.65. The fraction of sp³-hybridized carbons (Fsp3) is 0.333. The smallest absolute Gasteiger partial charge is 0.312 e. The summed E-state index contributed by atoms with van der Waals surface area (Å²) >= 11 is 0. The predicted molar refractivity (Wildman–Crippen MR) is 114 cm³/mol. The topological polar surface area (TPSA) is 78.0 Å². The molecular formula is C24H23N3O4. The number of likely N-dealkylation sites (tertiary alicyclic amines) is 1. The number of carbonyl (C=O) groups is 4. The number of benzene rings is 2. The summed E-state index contributed by atoms with van der Waals surface area (Å²) in [4.78, 5) is 55.4. The van der Waals surface area contributed by atoms with Crippen LogP contribution in [0.3, 0.4) is 0 Å². The molecule has 0 aromatic heterocycles. The van der Waals surface area contributed by atoms with Crippen molar-refractivity contribution in [2.24, 2.45) is 0 Å². The van der Waals surface area contributed by atoms with Crippen LogP contribution in [-0.4, -0.2) is 77.5 Å². The largest absolute Gasteiger partial charge is 0.335 e. The Morgan fingerprint density at radius 3 is 1.84 bits per heavy atom. The number of hydrogen-bond donors (Lipinski definition) is 0. The molecule has 3 aliphatic rings. The van der Waals surface area contributed by atoms with Crippen LogP contribution in [0.1, 0.15) is 39.1 Å². The molecule has 0 atom stereocenters. The van der Waals surface area contributed by atoms with Gasteiger partial charge in [0.05, 0.1) is 0 Å². The second-order valence-electron chi connectivity index (χ2n) is 8.22. The molecule has 2 heterocycles. The van der Waals surface area contributed by atoms with E-state index in [1.165, 1.54) is 4.90 Å². The number of piperazine rings is 1. The van der Waals surface area contributed by atoms with Crippen LogP contribution in [0.4, 0.5) is 0 Å². The van der Waals surface area contributed by atoms with Crippen LogP contribution in [0.15, 0.2) is 42.5 Å². The summed E-state index contributed by atoms with van der Waals surface area (Å²) in [5.41, 5.74) is 3.44. The van der Waals surface area contributed by atoms with Crippen molar-refractivity contribution in [1.82, 2.24) is 14.7 Å².